The molecular formula is C14H21N3O3. The van der Waals surface area contributed by atoms with E-state index in [-0.39, 0.29) is 18.1 Å². The quantitative estimate of drug-likeness (QED) is 0.882. The number of nitrogens with zero attached hydrogens (tertiary/aromatic N) is 2. The molecule has 0 aromatic carbocycles. The highest BCUT2D eigenvalue weighted by Gasteiger charge is 2.41. The zero-order valence-corrected chi connectivity index (χ0v) is 12.0. The van der Waals surface area contributed by atoms with Gasteiger partial charge in [-0.1, -0.05) is 5.16 Å². The highest BCUT2D eigenvalue weighted by atomic mass is 16.5. The maximum absolute atomic E-state index is 11.7. The van der Waals surface area contributed by atoms with Crippen molar-refractivity contribution in [2.45, 2.75) is 38.5 Å². The summed E-state index contributed by atoms with van der Waals surface area (Å²) in [6.07, 6.45) is 1.82. The third-order valence-corrected chi connectivity index (χ3v) is 4.24. The van der Waals surface area contributed by atoms with Gasteiger partial charge < -0.3 is 14.6 Å². The molecule has 0 saturated carbocycles. The number of amides is 1. The number of rotatable bonds is 3. The Morgan fingerprint density at radius 3 is 3.15 bits per heavy atom. The molecule has 3 heterocycles. The van der Waals surface area contributed by atoms with Crippen molar-refractivity contribution in [1.29, 1.82) is 0 Å². The van der Waals surface area contributed by atoms with E-state index in [1.165, 1.54) is 0 Å². The van der Waals surface area contributed by atoms with Gasteiger partial charge in [0.05, 0.1) is 11.8 Å². The molecule has 0 bridgehead atoms. The van der Waals surface area contributed by atoms with E-state index in [0.29, 0.717) is 5.92 Å². The lowest BCUT2D eigenvalue weighted by molar-refractivity contribution is -0.132. The first-order valence-corrected chi connectivity index (χ1v) is 7.17. The van der Waals surface area contributed by atoms with E-state index in [4.69, 9.17) is 9.26 Å². The minimum Gasteiger partial charge on any atom is -0.364 e. The zero-order chi connectivity index (χ0) is 14.1. The maximum Gasteiger partial charge on any atom is 0.248 e. The number of hydrogen-bond donors (Lipinski definition) is 1. The Labute approximate surface area is 118 Å². The molecule has 1 amide bonds. The van der Waals surface area contributed by atoms with Crippen molar-refractivity contribution in [1.82, 2.24) is 15.4 Å². The third-order valence-electron chi connectivity index (χ3n) is 4.24. The molecule has 20 heavy (non-hydrogen) atoms. The minimum absolute atomic E-state index is 0.00178. The molecular weight excluding hydrogens is 258 g/mol. The molecule has 6 nitrogen and oxygen atoms in total. The van der Waals surface area contributed by atoms with Crippen molar-refractivity contribution >= 4 is 5.91 Å². The van der Waals surface area contributed by atoms with Crippen LogP contribution in [0, 0.1) is 12.8 Å². The summed E-state index contributed by atoms with van der Waals surface area (Å²) >= 11 is 0. The average molecular weight is 279 g/mol. The Morgan fingerprint density at radius 1 is 1.60 bits per heavy atom. The van der Waals surface area contributed by atoms with Crippen LogP contribution in [0.25, 0.3) is 0 Å². The van der Waals surface area contributed by atoms with Gasteiger partial charge in [-0.25, -0.2) is 0 Å². The van der Waals surface area contributed by atoms with Crippen LogP contribution in [0.2, 0.25) is 0 Å². The van der Waals surface area contributed by atoms with Gasteiger partial charge in [-0.2, -0.15) is 0 Å². The van der Waals surface area contributed by atoms with E-state index < -0.39 is 0 Å². The predicted octanol–water partition coefficient (Wildman–Crippen LogP) is 0.708. The van der Waals surface area contributed by atoms with Crippen LogP contribution in [0.4, 0.5) is 0 Å². The van der Waals surface area contributed by atoms with E-state index in [2.05, 4.69) is 15.4 Å². The highest BCUT2D eigenvalue weighted by Crippen LogP contribution is 2.33. The van der Waals surface area contributed by atoms with Gasteiger partial charge in [-0.05, 0) is 32.2 Å². The number of piperidine rings is 1. The number of likely N-dealkylation sites (N-methyl/N-ethyl adjacent to an activating group) is 1. The predicted molar refractivity (Wildman–Crippen MR) is 72.0 cm³/mol. The summed E-state index contributed by atoms with van der Waals surface area (Å²) in [7, 11) is 1.66. The van der Waals surface area contributed by atoms with Gasteiger partial charge in [0.2, 0.25) is 5.91 Å². The van der Waals surface area contributed by atoms with Gasteiger partial charge in [-0.15, -0.1) is 0 Å². The van der Waals surface area contributed by atoms with Crippen LogP contribution < -0.4 is 5.32 Å². The molecule has 0 aliphatic carbocycles. The number of aromatic nitrogens is 1. The minimum atomic E-state index is -0.274. The summed E-state index contributed by atoms with van der Waals surface area (Å²) in [4.78, 5) is 14.0. The van der Waals surface area contributed by atoms with Crippen molar-refractivity contribution < 1.29 is 14.1 Å². The molecule has 1 aromatic rings. The van der Waals surface area contributed by atoms with Crippen LogP contribution in [-0.4, -0.2) is 48.3 Å². The standard InChI is InChI=1S/C14H21N3O3/c1-9-5-11(16-20-9)7-17-4-3-10-6-12(14(18)15-2)19-13(10)8-17/h5,10,12-13H,3-4,6-8H2,1-2H3,(H,15,18)/t10-,12-,13+/m1/s1. The second-order valence-corrected chi connectivity index (χ2v) is 5.73. The normalized spacial score (nSPS) is 30.2. The maximum atomic E-state index is 11.7. The van der Waals surface area contributed by atoms with Crippen molar-refractivity contribution in [2.24, 2.45) is 5.92 Å². The van der Waals surface area contributed by atoms with E-state index in [9.17, 15) is 4.79 Å². The van der Waals surface area contributed by atoms with E-state index in [0.717, 1.165) is 43.9 Å². The lowest BCUT2D eigenvalue weighted by atomic mass is 9.91. The summed E-state index contributed by atoms with van der Waals surface area (Å²) < 4.78 is 11.0. The largest absolute Gasteiger partial charge is 0.364 e. The number of carbonyl (C=O) groups excluding carboxylic acids is 1. The SMILES string of the molecule is CNC(=O)[C@H]1C[C@H]2CCN(Cc3cc(C)on3)C[C@@H]2O1. The average Bonchev–Trinajstić information content (AvgIpc) is 3.03. The first kappa shape index (κ1) is 13.6. The fraction of sp³-hybridized carbons (Fsp3) is 0.714. The molecule has 1 aromatic heterocycles. The number of nitrogens with one attached hydrogen (secondary N) is 1. The third kappa shape index (κ3) is 2.71. The molecule has 2 fully saturated rings. The van der Waals surface area contributed by atoms with Crippen LogP contribution in [0.1, 0.15) is 24.3 Å². The molecule has 110 valence electrons. The lowest BCUT2D eigenvalue weighted by Gasteiger charge is -2.33. The summed E-state index contributed by atoms with van der Waals surface area (Å²) in [5, 5.41) is 6.70. The van der Waals surface area contributed by atoms with E-state index in [1.54, 1.807) is 7.05 Å². The molecule has 0 spiro atoms. The topological polar surface area (TPSA) is 67.6 Å². The molecule has 6 heteroatoms. The molecule has 0 radical (unpaired) electrons. The Kier molecular flexibility index (Phi) is 3.76. The Balaban J connectivity index is 1.57. The molecule has 3 atom stereocenters. The van der Waals surface area contributed by atoms with Gasteiger partial charge in [0.1, 0.15) is 11.9 Å². The fourth-order valence-corrected chi connectivity index (χ4v) is 3.19. The van der Waals surface area contributed by atoms with Crippen molar-refractivity contribution in [3.63, 3.8) is 0 Å². The smallest absolute Gasteiger partial charge is 0.248 e. The number of aryl methyl sites for hydroxylation is 1. The Hall–Kier alpha value is -1.40. The Bertz CT molecular complexity index is 488. The number of hydrogen-bond acceptors (Lipinski definition) is 5. The number of ether oxygens (including phenoxy) is 1. The summed E-state index contributed by atoms with van der Waals surface area (Å²) in [6.45, 7) is 4.58. The van der Waals surface area contributed by atoms with Gasteiger partial charge in [0.25, 0.3) is 0 Å². The van der Waals surface area contributed by atoms with Crippen LogP contribution in [0.5, 0.6) is 0 Å². The molecule has 0 unspecified atom stereocenters. The summed E-state index contributed by atoms with van der Waals surface area (Å²) in [6, 6.07) is 1.97. The second kappa shape index (κ2) is 5.54. The van der Waals surface area contributed by atoms with Crippen LogP contribution in [-0.2, 0) is 16.1 Å². The second-order valence-electron chi connectivity index (χ2n) is 5.73. The number of carbonyl (C=O) groups is 1. The first-order chi connectivity index (χ1) is 9.65. The van der Waals surface area contributed by atoms with Crippen molar-refractivity contribution in [2.75, 3.05) is 20.1 Å². The molecule has 1 N–H and O–H groups in total. The van der Waals surface area contributed by atoms with Gasteiger partial charge in [-0.3, -0.25) is 9.69 Å². The van der Waals surface area contributed by atoms with Crippen LogP contribution in [0.15, 0.2) is 10.6 Å². The molecule has 2 saturated heterocycles. The van der Waals surface area contributed by atoms with Gasteiger partial charge >= 0.3 is 0 Å². The summed E-state index contributed by atoms with van der Waals surface area (Å²) in [5.41, 5.74) is 0.960. The van der Waals surface area contributed by atoms with Crippen molar-refractivity contribution in [3.8, 4) is 0 Å². The fourth-order valence-electron chi connectivity index (χ4n) is 3.19. The van der Waals surface area contributed by atoms with E-state index in [1.807, 2.05) is 13.0 Å². The zero-order valence-electron chi connectivity index (χ0n) is 12.0. The van der Waals surface area contributed by atoms with Gasteiger partial charge in [0, 0.05) is 26.2 Å². The van der Waals surface area contributed by atoms with Crippen LogP contribution >= 0.6 is 0 Å². The molecule has 3 rings (SSSR count). The molecule has 2 aliphatic rings. The number of fused-ring (bicyclic) bond motifs is 1. The summed E-state index contributed by atoms with van der Waals surface area (Å²) in [5.74, 6) is 1.34. The van der Waals surface area contributed by atoms with Crippen LogP contribution in [0.3, 0.4) is 0 Å². The Morgan fingerprint density at radius 2 is 2.45 bits per heavy atom. The molecule has 2 aliphatic heterocycles. The number of likely N-dealkylation sites (tertiary alicyclic amines) is 1. The lowest BCUT2D eigenvalue weighted by Crippen LogP contribution is -2.42. The van der Waals surface area contributed by atoms with E-state index >= 15 is 0 Å². The first-order valence-electron chi connectivity index (χ1n) is 7.17. The monoisotopic (exact) mass is 279 g/mol. The van der Waals surface area contributed by atoms with Gasteiger partial charge in [0.15, 0.2) is 0 Å². The highest BCUT2D eigenvalue weighted by molar-refractivity contribution is 5.80. The van der Waals surface area contributed by atoms with Crippen molar-refractivity contribution in [3.05, 3.63) is 17.5 Å².